The van der Waals surface area contributed by atoms with Crippen molar-refractivity contribution in [2.24, 2.45) is 10.4 Å². The second kappa shape index (κ2) is 12.1. The standard InChI is InChI=1S/C28H32F3N3O3/c1-4-21(28(29,30)31)24(5-2)37-20-25(35)33-18-14-27(15-19-33)22-12-8-7-9-13-23(22)34(26(27)36)17-11-10-16-32-6-3/h4-6,8-10,12-13,16H,1-2,7,11,14-15,17-20H2,3H3/b16-10-,24-21-,32-6?. The van der Waals surface area contributed by atoms with Gasteiger partial charge in [0.1, 0.15) is 5.76 Å². The SMILES string of the molecule is C=C/C(OCC(=O)N1CCC2(CC1)C(=O)N(CC/C=C\N=CC)C1=C2C=CCC=C1)=C(\C=C)C(F)(F)F. The summed E-state index contributed by atoms with van der Waals surface area (Å²) < 4.78 is 44.7. The van der Waals surface area contributed by atoms with Gasteiger partial charge in [0.25, 0.3) is 5.91 Å². The molecule has 198 valence electrons. The molecule has 3 aliphatic rings. The molecule has 9 heteroatoms. The van der Waals surface area contributed by atoms with Gasteiger partial charge in [-0.3, -0.25) is 14.6 Å². The Balaban J connectivity index is 1.71. The van der Waals surface area contributed by atoms with Crippen LogP contribution < -0.4 is 0 Å². The predicted molar refractivity (Wildman–Crippen MR) is 137 cm³/mol. The number of amides is 2. The molecule has 0 aromatic carbocycles. The van der Waals surface area contributed by atoms with E-state index >= 15 is 0 Å². The maximum atomic E-state index is 13.7. The van der Waals surface area contributed by atoms with Gasteiger partial charge in [0.2, 0.25) is 5.91 Å². The average Bonchev–Trinajstić information content (AvgIpc) is 3.03. The highest BCUT2D eigenvalue weighted by atomic mass is 19.4. The summed E-state index contributed by atoms with van der Waals surface area (Å²) in [4.78, 5) is 33.9. The normalized spacial score (nSPS) is 20.1. The number of carbonyl (C=O) groups excluding carboxylic acids is 2. The van der Waals surface area contributed by atoms with Gasteiger partial charge >= 0.3 is 6.18 Å². The second-order valence-corrected chi connectivity index (χ2v) is 8.81. The summed E-state index contributed by atoms with van der Waals surface area (Å²) >= 11 is 0. The lowest BCUT2D eigenvalue weighted by molar-refractivity contribution is -0.143. The molecule has 1 fully saturated rings. The lowest BCUT2D eigenvalue weighted by Crippen LogP contribution is -2.49. The molecule has 0 atom stereocenters. The van der Waals surface area contributed by atoms with Crippen molar-refractivity contribution in [3.8, 4) is 0 Å². The molecule has 1 spiro atoms. The molecule has 0 N–H and O–H groups in total. The van der Waals surface area contributed by atoms with Crippen LogP contribution in [0.4, 0.5) is 13.2 Å². The van der Waals surface area contributed by atoms with Gasteiger partial charge < -0.3 is 14.5 Å². The van der Waals surface area contributed by atoms with Gasteiger partial charge in [-0.15, -0.1) is 0 Å². The monoisotopic (exact) mass is 515 g/mol. The van der Waals surface area contributed by atoms with Gasteiger partial charge in [0, 0.05) is 37.7 Å². The molecule has 2 heterocycles. The minimum atomic E-state index is -4.67. The van der Waals surface area contributed by atoms with Crippen LogP contribution in [0.15, 0.2) is 89.5 Å². The van der Waals surface area contributed by atoms with E-state index in [2.05, 4.69) is 18.2 Å². The molecule has 0 radical (unpaired) electrons. The Morgan fingerprint density at radius 3 is 2.51 bits per heavy atom. The first-order valence-electron chi connectivity index (χ1n) is 12.2. The predicted octanol–water partition coefficient (Wildman–Crippen LogP) is 5.41. The van der Waals surface area contributed by atoms with E-state index in [9.17, 15) is 22.8 Å². The number of carbonyl (C=O) groups is 2. The average molecular weight is 516 g/mol. The van der Waals surface area contributed by atoms with Crippen LogP contribution in [0.5, 0.6) is 0 Å². The number of rotatable bonds is 9. The number of aliphatic imine (C=N–C) groups is 1. The number of likely N-dealkylation sites (tertiary alicyclic amines) is 1. The topological polar surface area (TPSA) is 62.2 Å². The highest BCUT2D eigenvalue weighted by Gasteiger charge is 2.52. The van der Waals surface area contributed by atoms with Gasteiger partial charge in [-0.05, 0) is 50.3 Å². The van der Waals surface area contributed by atoms with E-state index < -0.39 is 35.4 Å². The maximum absolute atomic E-state index is 13.7. The van der Waals surface area contributed by atoms with E-state index in [0.29, 0.717) is 45.0 Å². The number of piperidine rings is 1. The molecule has 0 saturated carbocycles. The summed E-state index contributed by atoms with van der Waals surface area (Å²) in [6.07, 6.45) is 12.5. The van der Waals surface area contributed by atoms with Gasteiger partial charge in [0.15, 0.2) is 6.61 Å². The van der Waals surface area contributed by atoms with Gasteiger partial charge in [0.05, 0.1) is 11.0 Å². The lowest BCUT2D eigenvalue weighted by atomic mass is 9.72. The zero-order chi connectivity index (χ0) is 27.1. The minimum absolute atomic E-state index is 0.0159. The first-order valence-corrected chi connectivity index (χ1v) is 12.2. The van der Waals surface area contributed by atoms with Crippen LogP contribution in [0.3, 0.4) is 0 Å². The van der Waals surface area contributed by atoms with E-state index in [1.165, 1.54) is 4.90 Å². The van der Waals surface area contributed by atoms with Gasteiger partial charge in [-0.2, -0.15) is 13.2 Å². The Kier molecular flexibility index (Phi) is 9.13. The van der Waals surface area contributed by atoms with E-state index in [1.54, 1.807) is 12.4 Å². The van der Waals surface area contributed by atoms with Gasteiger partial charge in [-0.25, -0.2) is 0 Å². The number of hydrogen-bond donors (Lipinski definition) is 0. The molecular weight excluding hydrogens is 483 g/mol. The van der Waals surface area contributed by atoms with Crippen LogP contribution >= 0.6 is 0 Å². The highest BCUT2D eigenvalue weighted by molar-refractivity contribution is 5.93. The first kappa shape index (κ1) is 28.0. The molecule has 0 aromatic heterocycles. The molecule has 0 aromatic rings. The van der Waals surface area contributed by atoms with E-state index in [0.717, 1.165) is 23.8 Å². The number of hydrogen-bond acceptors (Lipinski definition) is 4. The quantitative estimate of drug-likeness (QED) is 0.235. The third-order valence-corrected chi connectivity index (χ3v) is 6.71. The number of fused-ring (bicyclic) bond motifs is 1. The molecule has 0 unspecified atom stereocenters. The third-order valence-electron chi connectivity index (χ3n) is 6.71. The Hall–Kier alpha value is -3.62. The summed E-state index contributed by atoms with van der Waals surface area (Å²) in [6, 6.07) is 0. The van der Waals surface area contributed by atoms with Crippen molar-refractivity contribution in [3.05, 3.63) is 84.5 Å². The Morgan fingerprint density at radius 2 is 1.89 bits per heavy atom. The third kappa shape index (κ3) is 6.03. The van der Waals surface area contributed by atoms with Crippen molar-refractivity contribution in [1.82, 2.24) is 9.80 Å². The molecule has 2 amide bonds. The van der Waals surface area contributed by atoms with Crippen molar-refractivity contribution in [2.75, 3.05) is 26.2 Å². The van der Waals surface area contributed by atoms with E-state index in [4.69, 9.17) is 4.74 Å². The Labute approximate surface area is 215 Å². The van der Waals surface area contributed by atoms with Crippen molar-refractivity contribution in [3.63, 3.8) is 0 Å². The molecule has 0 bridgehead atoms. The fraction of sp³-hybridized carbons (Fsp3) is 0.393. The summed E-state index contributed by atoms with van der Waals surface area (Å²) in [7, 11) is 0. The van der Waals surface area contributed by atoms with E-state index in [1.807, 2.05) is 42.2 Å². The molecule has 1 aliphatic carbocycles. The van der Waals surface area contributed by atoms with Gasteiger partial charge in [-0.1, -0.05) is 43.5 Å². The number of alkyl halides is 3. The number of nitrogens with zero attached hydrogens (tertiary/aromatic N) is 3. The molecule has 6 nitrogen and oxygen atoms in total. The summed E-state index contributed by atoms with van der Waals surface area (Å²) in [6.45, 7) is 8.90. The van der Waals surface area contributed by atoms with Crippen LogP contribution in [0.2, 0.25) is 0 Å². The fourth-order valence-corrected chi connectivity index (χ4v) is 4.84. The Bertz CT molecular complexity index is 1100. The van der Waals surface area contributed by atoms with Crippen molar-refractivity contribution in [1.29, 1.82) is 0 Å². The van der Waals surface area contributed by atoms with Crippen molar-refractivity contribution >= 4 is 18.0 Å². The number of halogens is 3. The van der Waals surface area contributed by atoms with E-state index in [-0.39, 0.29) is 5.91 Å². The van der Waals surface area contributed by atoms with Crippen LogP contribution in [0.1, 0.15) is 32.6 Å². The van der Waals surface area contributed by atoms with Crippen LogP contribution in [-0.2, 0) is 14.3 Å². The zero-order valence-corrected chi connectivity index (χ0v) is 21.0. The largest absolute Gasteiger partial charge is 0.483 e. The minimum Gasteiger partial charge on any atom is -0.483 e. The zero-order valence-electron chi connectivity index (χ0n) is 21.0. The summed E-state index contributed by atoms with van der Waals surface area (Å²) in [5, 5.41) is 0. The molecule has 1 saturated heterocycles. The highest BCUT2D eigenvalue weighted by Crippen LogP contribution is 2.49. The Morgan fingerprint density at radius 1 is 1.19 bits per heavy atom. The van der Waals surface area contributed by atoms with Crippen LogP contribution in [0, 0.1) is 5.41 Å². The second-order valence-electron chi connectivity index (χ2n) is 8.81. The van der Waals surface area contributed by atoms with Crippen molar-refractivity contribution in [2.45, 2.75) is 38.8 Å². The fourth-order valence-electron chi connectivity index (χ4n) is 4.84. The number of ether oxygens (including phenoxy) is 1. The maximum Gasteiger partial charge on any atom is 0.419 e. The first-order chi connectivity index (χ1) is 17.7. The molecule has 3 rings (SSSR count). The van der Waals surface area contributed by atoms with Crippen LogP contribution in [0.25, 0.3) is 0 Å². The molecule has 2 aliphatic heterocycles. The summed E-state index contributed by atoms with van der Waals surface area (Å²) in [5.41, 5.74) is 0.0255. The lowest BCUT2D eigenvalue weighted by Gasteiger charge is -2.39. The van der Waals surface area contributed by atoms with Crippen LogP contribution in [-0.4, -0.2) is 60.2 Å². The summed E-state index contributed by atoms with van der Waals surface area (Å²) in [5.74, 6) is -0.980. The van der Waals surface area contributed by atoms with Crippen molar-refractivity contribution < 1.29 is 27.5 Å². The smallest absolute Gasteiger partial charge is 0.419 e. The molecular formula is C28H32F3N3O3. The number of allylic oxidation sites excluding steroid dienone is 7. The molecule has 37 heavy (non-hydrogen) atoms.